The monoisotopic (exact) mass is 431 g/mol. The number of benzene rings is 1. The van der Waals surface area contributed by atoms with Crippen LogP contribution in [-0.2, 0) is 4.74 Å². The number of aromatic nitrogens is 1. The van der Waals surface area contributed by atoms with Gasteiger partial charge in [0.05, 0.1) is 13.2 Å². The maximum atomic E-state index is 9.97. The Balaban J connectivity index is 1.30. The molecule has 31 heavy (non-hydrogen) atoms. The van der Waals surface area contributed by atoms with Gasteiger partial charge in [-0.2, -0.15) is 0 Å². The van der Waals surface area contributed by atoms with Crippen LogP contribution in [0.1, 0.15) is 39.5 Å². The second-order valence-corrected chi connectivity index (χ2v) is 9.74. The molecular formula is C24H37N3O4. The van der Waals surface area contributed by atoms with Crippen LogP contribution in [0.15, 0.2) is 22.7 Å². The summed E-state index contributed by atoms with van der Waals surface area (Å²) < 4.78 is 17.0. The molecule has 7 nitrogen and oxygen atoms in total. The molecular weight excluding hydrogens is 394 g/mol. The van der Waals surface area contributed by atoms with E-state index in [4.69, 9.17) is 14.0 Å². The minimum Gasteiger partial charge on any atom is -0.492 e. The second-order valence-electron chi connectivity index (χ2n) is 9.74. The summed E-state index contributed by atoms with van der Waals surface area (Å²) in [6, 6.07) is 5.86. The highest BCUT2D eigenvalue weighted by Gasteiger charge is 2.35. The third-order valence-corrected chi connectivity index (χ3v) is 6.75. The van der Waals surface area contributed by atoms with Gasteiger partial charge in [-0.05, 0) is 62.7 Å². The standard InChI is InChI=1S/C24H37N3O4/c1-18(2)15-30-20-4-3-5-21-22(20)23(26-31-21)25-14-19-6-10-27(11-7-19)16-24(17-28)8-12-29-13-9-24/h3-5,18-19,28H,6-17H2,1-2H3,(H,25,26). The number of hydrogen-bond donors (Lipinski definition) is 2. The first-order chi connectivity index (χ1) is 15.1. The summed E-state index contributed by atoms with van der Waals surface area (Å²) in [6.45, 7) is 10.8. The van der Waals surface area contributed by atoms with Gasteiger partial charge < -0.3 is 29.3 Å². The number of aliphatic hydroxyl groups is 1. The molecule has 0 aliphatic carbocycles. The highest BCUT2D eigenvalue weighted by Crippen LogP contribution is 2.34. The summed E-state index contributed by atoms with van der Waals surface area (Å²) in [5.41, 5.74) is 0.777. The molecule has 2 aliphatic heterocycles. The van der Waals surface area contributed by atoms with Crippen molar-refractivity contribution < 1.29 is 19.1 Å². The number of ether oxygens (including phenoxy) is 2. The lowest BCUT2D eigenvalue weighted by Gasteiger charge is -2.42. The number of hydrogen-bond acceptors (Lipinski definition) is 7. The van der Waals surface area contributed by atoms with Gasteiger partial charge in [0.25, 0.3) is 0 Å². The van der Waals surface area contributed by atoms with Gasteiger partial charge in [-0.15, -0.1) is 0 Å². The molecule has 0 spiro atoms. The number of fused-ring (bicyclic) bond motifs is 1. The summed E-state index contributed by atoms with van der Waals surface area (Å²) in [4.78, 5) is 2.53. The Labute approximate surface area is 185 Å². The molecule has 0 unspecified atom stereocenters. The molecule has 0 atom stereocenters. The Morgan fingerprint density at radius 3 is 2.74 bits per heavy atom. The van der Waals surface area contributed by atoms with Crippen LogP contribution in [-0.4, -0.2) is 67.8 Å². The average Bonchev–Trinajstić information content (AvgIpc) is 3.21. The van der Waals surface area contributed by atoms with Gasteiger partial charge in [0.1, 0.15) is 11.1 Å². The summed E-state index contributed by atoms with van der Waals surface area (Å²) in [5.74, 6) is 2.67. The first-order valence-corrected chi connectivity index (χ1v) is 11.7. The minimum atomic E-state index is 0.0232. The third-order valence-electron chi connectivity index (χ3n) is 6.75. The zero-order valence-corrected chi connectivity index (χ0v) is 18.9. The van der Waals surface area contributed by atoms with Crippen LogP contribution in [0.25, 0.3) is 11.0 Å². The molecule has 0 saturated carbocycles. The molecule has 2 aromatic rings. The third kappa shape index (κ3) is 5.51. The average molecular weight is 432 g/mol. The van der Waals surface area contributed by atoms with Gasteiger partial charge in [0, 0.05) is 31.7 Å². The molecule has 7 heteroatoms. The van der Waals surface area contributed by atoms with E-state index in [1.807, 2.05) is 18.2 Å². The number of likely N-dealkylation sites (tertiary alicyclic amines) is 1. The maximum Gasteiger partial charge on any atom is 0.181 e. The molecule has 2 aliphatic rings. The van der Waals surface area contributed by atoms with Crippen molar-refractivity contribution in [2.45, 2.75) is 39.5 Å². The second kappa shape index (κ2) is 10.2. The van der Waals surface area contributed by atoms with Crippen molar-refractivity contribution in [3.8, 4) is 5.75 Å². The Bertz CT molecular complexity index is 823. The van der Waals surface area contributed by atoms with Crippen molar-refractivity contribution in [3.63, 3.8) is 0 Å². The maximum absolute atomic E-state index is 9.97. The summed E-state index contributed by atoms with van der Waals surface area (Å²) in [5, 5.41) is 18.7. The van der Waals surface area contributed by atoms with E-state index in [-0.39, 0.29) is 12.0 Å². The Morgan fingerprint density at radius 2 is 2.03 bits per heavy atom. The number of rotatable bonds is 9. The van der Waals surface area contributed by atoms with E-state index in [9.17, 15) is 5.11 Å². The van der Waals surface area contributed by atoms with Gasteiger partial charge in [-0.1, -0.05) is 25.1 Å². The zero-order valence-electron chi connectivity index (χ0n) is 18.9. The fourth-order valence-corrected chi connectivity index (χ4v) is 4.69. The van der Waals surface area contributed by atoms with Crippen molar-refractivity contribution in [1.29, 1.82) is 0 Å². The molecule has 2 N–H and O–H groups in total. The lowest BCUT2D eigenvalue weighted by molar-refractivity contribution is -0.0382. The molecule has 3 heterocycles. The SMILES string of the molecule is CC(C)COc1cccc2onc(NCC3CCN(CC4(CO)CCOCC4)CC3)c12. The van der Waals surface area contributed by atoms with Crippen LogP contribution in [0.2, 0.25) is 0 Å². The largest absolute Gasteiger partial charge is 0.492 e. The molecule has 0 radical (unpaired) electrons. The van der Waals surface area contributed by atoms with Crippen LogP contribution in [0.4, 0.5) is 5.82 Å². The fourth-order valence-electron chi connectivity index (χ4n) is 4.69. The highest BCUT2D eigenvalue weighted by molar-refractivity contribution is 5.93. The molecule has 2 saturated heterocycles. The smallest absolute Gasteiger partial charge is 0.181 e. The number of aliphatic hydroxyl groups excluding tert-OH is 1. The van der Waals surface area contributed by atoms with Crippen LogP contribution in [0, 0.1) is 17.3 Å². The van der Waals surface area contributed by atoms with Crippen molar-refractivity contribution in [2.75, 3.05) is 57.9 Å². The van der Waals surface area contributed by atoms with Gasteiger partial charge in [0.15, 0.2) is 11.4 Å². The van der Waals surface area contributed by atoms with Crippen molar-refractivity contribution >= 4 is 16.8 Å². The molecule has 0 bridgehead atoms. The van der Waals surface area contributed by atoms with E-state index in [0.29, 0.717) is 18.4 Å². The molecule has 2 fully saturated rings. The molecule has 1 aromatic carbocycles. The number of nitrogens with one attached hydrogen (secondary N) is 1. The van der Waals surface area contributed by atoms with Crippen LogP contribution in [0.3, 0.4) is 0 Å². The van der Waals surface area contributed by atoms with E-state index in [1.165, 1.54) is 0 Å². The van der Waals surface area contributed by atoms with E-state index >= 15 is 0 Å². The van der Waals surface area contributed by atoms with Gasteiger partial charge in [-0.25, -0.2) is 0 Å². The van der Waals surface area contributed by atoms with Crippen molar-refractivity contribution in [3.05, 3.63) is 18.2 Å². The number of anilines is 1. The molecule has 172 valence electrons. The lowest BCUT2D eigenvalue weighted by atomic mass is 9.80. The number of nitrogens with zero attached hydrogens (tertiary/aromatic N) is 2. The molecule has 1 aromatic heterocycles. The summed E-state index contributed by atoms with van der Waals surface area (Å²) in [6.07, 6.45) is 4.23. The highest BCUT2D eigenvalue weighted by atomic mass is 16.5. The Morgan fingerprint density at radius 1 is 1.26 bits per heavy atom. The molecule has 4 rings (SSSR count). The van der Waals surface area contributed by atoms with Crippen molar-refractivity contribution in [1.82, 2.24) is 10.1 Å². The fraction of sp³-hybridized carbons (Fsp3) is 0.708. The Kier molecular flexibility index (Phi) is 7.35. The van der Waals surface area contributed by atoms with E-state index < -0.39 is 0 Å². The molecule has 0 amide bonds. The van der Waals surface area contributed by atoms with E-state index in [1.54, 1.807) is 0 Å². The first kappa shape index (κ1) is 22.4. The van der Waals surface area contributed by atoms with Crippen LogP contribution >= 0.6 is 0 Å². The van der Waals surface area contributed by atoms with E-state index in [2.05, 4.69) is 29.2 Å². The van der Waals surface area contributed by atoms with Gasteiger partial charge in [0.2, 0.25) is 0 Å². The predicted molar refractivity (Wildman–Crippen MR) is 122 cm³/mol. The quantitative estimate of drug-likeness (QED) is 0.625. The Hall–Kier alpha value is -1.83. The minimum absolute atomic E-state index is 0.0232. The normalized spacial score (nSPS) is 20.4. The number of piperidine rings is 1. The summed E-state index contributed by atoms with van der Waals surface area (Å²) in [7, 11) is 0. The lowest BCUT2D eigenvalue weighted by Crippen LogP contribution is -2.47. The first-order valence-electron chi connectivity index (χ1n) is 11.7. The van der Waals surface area contributed by atoms with Crippen LogP contribution < -0.4 is 10.1 Å². The topological polar surface area (TPSA) is 80.0 Å². The van der Waals surface area contributed by atoms with Gasteiger partial charge >= 0.3 is 0 Å². The van der Waals surface area contributed by atoms with Gasteiger partial charge in [-0.3, -0.25) is 0 Å². The summed E-state index contributed by atoms with van der Waals surface area (Å²) >= 11 is 0. The zero-order chi connectivity index (χ0) is 21.7. The predicted octanol–water partition coefficient (Wildman–Crippen LogP) is 3.78. The van der Waals surface area contributed by atoms with Crippen LogP contribution in [0.5, 0.6) is 5.75 Å². The van der Waals surface area contributed by atoms with Crippen molar-refractivity contribution in [2.24, 2.45) is 17.3 Å². The van der Waals surface area contributed by atoms with E-state index in [0.717, 1.165) is 87.6 Å².